The van der Waals surface area contributed by atoms with Gasteiger partial charge in [-0.1, -0.05) is 18.2 Å². The molecule has 0 bridgehead atoms. The van der Waals surface area contributed by atoms with Crippen LogP contribution in [-0.2, 0) is 11.3 Å². The third kappa shape index (κ3) is 5.41. The molecule has 1 aromatic carbocycles. The summed E-state index contributed by atoms with van der Waals surface area (Å²) in [4.78, 5) is 8.81. The summed E-state index contributed by atoms with van der Waals surface area (Å²) in [5, 5.41) is 6.61. The lowest BCUT2D eigenvalue weighted by Gasteiger charge is -2.12. The number of hydrogen-bond acceptors (Lipinski definition) is 6. The first kappa shape index (κ1) is 17.0. The predicted molar refractivity (Wildman–Crippen MR) is 92.1 cm³/mol. The summed E-state index contributed by atoms with van der Waals surface area (Å²) in [5.74, 6) is 3.20. The molecule has 23 heavy (non-hydrogen) atoms. The molecule has 0 aliphatic carbocycles. The number of ether oxygens (including phenoxy) is 2. The zero-order valence-electron chi connectivity index (χ0n) is 13.9. The Balaban J connectivity index is 1.98. The van der Waals surface area contributed by atoms with Crippen molar-refractivity contribution in [3.63, 3.8) is 0 Å². The maximum Gasteiger partial charge on any atom is 0.132 e. The van der Waals surface area contributed by atoms with E-state index < -0.39 is 0 Å². The molecule has 2 rings (SSSR count). The molecule has 0 amide bonds. The molecule has 0 radical (unpaired) electrons. The summed E-state index contributed by atoms with van der Waals surface area (Å²) in [7, 11) is 3.38. The zero-order chi connectivity index (χ0) is 16.5. The van der Waals surface area contributed by atoms with Crippen molar-refractivity contribution < 1.29 is 9.47 Å². The molecule has 0 atom stereocenters. The third-order valence-electron chi connectivity index (χ3n) is 3.32. The number of nitrogens with zero attached hydrogens (tertiary/aromatic N) is 2. The number of aryl methyl sites for hydroxylation is 1. The van der Waals surface area contributed by atoms with Crippen molar-refractivity contribution in [2.45, 2.75) is 19.9 Å². The van der Waals surface area contributed by atoms with E-state index in [2.05, 4.69) is 20.6 Å². The molecule has 0 aliphatic heterocycles. The lowest BCUT2D eigenvalue weighted by atomic mass is 10.2. The van der Waals surface area contributed by atoms with Gasteiger partial charge in [0.1, 0.15) is 23.2 Å². The van der Waals surface area contributed by atoms with Crippen LogP contribution in [0, 0.1) is 6.92 Å². The average Bonchev–Trinajstić information content (AvgIpc) is 2.57. The third-order valence-corrected chi connectivity index (χ3v) is 3.32. The molecule has 0 spiro atoms. The highest BCUT2D eigenvalue weighted by atomic mass is 16.5. The fourth-order valence-corrected chi connectivity index (χ4v) is 2.22. The second kappa shape index (κ2) is 8.95. The van der Waals surface area contributed by atoms with Gasteiger partial charge in [-0.3, -0.25) is 0 Å². The topological polar surface area (TPSA) is 68.3 Å². The van der Waals surface area contributed by atoms with Gasteiger partial charge in [0.2, 0.25) is 0 Å². The minimum Gasteiger partial charge on any atom is -0.496 e. The summed E-state index contributed by atoms with van der Waals surface area (Å²) in [6.45, 7) is 4.07. The van der Waals surface area contributed by atoms with Crippen LogP contribution in [0.25, 0.3) is 0 Å². The molecule has 1 heterocycles. The Bertz CT molecular complexity index is 619. The van der Waals surface area contributed by atoms with Crippen molar-refractivity contribution in [1.29, 1.82) is 0 Å². The lowest BCUT2D eigenvalue weighted by molar-refractivity contribution is 0.198. The minimum absolute atomic E-state index is 0.642. The van der Waals surface area contributed by atoms with Gasteiger partial charge in [0.25, 0.3) is 0 Å². The van der Waals surface area contributed by atoms with E-state index in [0.717, 1.165) is 48.3 Å². The van der Waals surface area contributed by atoms with Crippen LogP contribution in [0.15, 0.2) is 30.3 Å². The molecule has 2 N–H and O–H groups in total. The summed E-state index contributed by atoms with van der Waals surface area (Å²) >= 11 is 0. The minimum atomic E-state index is 0.642. The van der Waals surface area contributed by atoms with Crippen LogP contribution < -0.4 is 15.4 Å². The van der Waals surface area contributed by atoms with Crippen molar-refractivity contribution in [2.75, 3.05) is 38.0 Å². The fraction of sp³-hybridized carbons (Fsp3) is 0.412. The van der Waals surface area contributed by atoms with Gasteiger partial charge in [0.15, 0.2) is 0 Å². The smallest absolute Gasteiger partial charge is 0.132 e. The van der Waals surface area contributed by atoms with E-state index >= 15 is 0 Å². The van der Waals surface area contributed by atoms with E-state index in [-0.39, 0.29) is 0 Å². The fourth-order valence-electron chi connectivity index (χ4n) is 2.22. The Morgan fingerprint density at radius 3 is 2.52 bits per heavy atom. The summed E-state index contributed by atoms with van der Waals surface area (Å²) in [5.41, 5.74) is 1.08. The van der Waals surface area contributed by atoms with Gasteiger partial charge < -0.3 is 20.1 Å². The van der Waals surface area contributed by atoms with Gasteiger partial charge in [0.05, 0.1) is 7.11 Å². The van der Waals surface area contributed by atoms with Gasteiger partial charge in [-0.25, -0.2) is 9.97 Å². The molecule has 0 unspecified atom stereocenters. The van der Waals surface area contributed by atoms with Crippen molar-refractivity contribution in [1.82, 2.24) is 9.97 Å². The number of methoxy groups -OCH3 is 2. The Morgan fingerprint density at radius 1 is 1.04 bits per heavy atom. The largest absolute Gasteiger partial charge is 0.496 e. The summed E-state index contributed by atoms with van der Waals surface area (Å²) < 4.78 is 10.4. The van der Waals surface area contributed by atoms with Crippen LogP contribution in [0.4, 0.5) is 11.6 Å². The quantitative estimate of drug-likeness (QED) is 0.693. The van der Waals surface area contributed by atoms with E-state index in [4.69, 9.17) is 9.47 Å². The first-order chi connectivity index (χ1) is 11.2. The van der Waals surface area contributed by atoms with Gasteiger partial charge in [-0.15, -0.1) is 0 Å². The second-order valence-corrected chi connectivity index (χ2v) is 5.12. The Hall–Kier alpha value is -2.34. The first-order valence-corrected chi connectivity index (χ1v) is 7.67. The summed E-state index contributed by atoms with van der Waals surface area (Å²) in [6.07, 6.45) is 0.934. The molecular weight excluding hydrogens is 292 g/mol. The molecule has 0 aliphatic rings. The van der Waals surface area contributed by atoms with E-state index in [1.165, 1.54) is 0 Å². The first-order valence-electron chi connectivity index (χ1n) is 7.67. The van der Waals surface area contributed by atoms with Crippen LogP contribution in [0.2, 0.25) is 0 Å². The summed E-state index contributed by atoms with van der Waals surface area (Å²) in [6, 6.07) is 9.84. The molecule has 6 nitrogen and oxygen atoms in total. The zero-order valence-corrected chi connectivity index (χ0v) is 13.9. The number of aromatic nitrogens is 2. The molecule has 0 saturated heterocycles. The van der Waals surface area contributed by atoms with Crippen molar-refractivity contribution in [2.24, 2.45) is 0 Å². The van der Waals surface area contributed by atoms with Gasteiger partial charge in [0, 0.05) is 38.4 Å². The average molecular weight is 316 g/mol. The normalized spacial score (nSPS) is 10.4. The number of rotatable bonds is 9. The highest BCUT2D eigenvalue weighted by molar-refractivity contribution is 5.48. The molecule has 6 heteroatoms. The number of nitrogens with one attached hydrogen (secondary N) is 2. The van der Waals surface area contributed by atoms with E-state index in [1.54, 1.807) is 14.2 Å². The van der Waals surface area contributed by atoms with Crippen LogP contribution in [-0.4, -0.2) is 37.3 Å². The SMILES string of the molecule is COCCCNc1cc(NCc2ccccc2OC)nc(C)n1. The molecule has 124 valence electrons. The van der Waals surface area contributed by atoms with Crippen LogP contribution in [0.3, 0.4) is 0 Å². The van der Waals surface area contributed by atoms with Gasteiger partial charge >= 0.3 is 0 Å². The van der Waals surface area contributed by atoms with Crippen LogP contribution in [0.1, 0.15) is 17.8 Å². The Morgan fingerprint density at radius 2 is 1.78 bits per heavy atom. The van der Waals surface area contributed by atoms with Crippen LogP contribution >= 0.6 is 0 Å². The van der Waals surface area contributed by atoms with Crippen LogP contribution in [0.5, 0.6) is 5.75 Å². The van der Waals surface area contributed by atoms with Gasteiger partial charge in [-0.2, -0.15) is 0 Å². The Kier molecular flexibility index (Phi) is 6.62. The molecule has 0 fully saturated rings. The van der Waals surface area contributed by atoms with Gasteiger partial charge in [-0.05, 0) is 19.4 Å². The monoisotopic (exact) mass is 316 g/mol. The van der Waals surface area contributed by atoms with E-state index in [0.29, 0.717) is 6.54 Å². The second-order valence-electron chi connectivity index (χ2n) is 5.12. The number of para-hydroxylation sites is 1. The molecule has 0 saturated carbocycles. The van der Waals surface area contributed by atoms with E-state index in [9.17, 15) is 0 Å². The number of benzene rings is 1. The van der Waals surface area contributed by atoms with E-state index in [1.807, 2.05) is 37.3 Å². The van der Waals surface area contributed by atoms with Crippen molar-refractivity contribution in [3.8, 4) is 5.75 Å². The highest BCUT2D eigenvalue weighted by Crippen LogP contribution is 2.19. The maximum absolute atomic E-state index is 5.36. The lowest BCUT2D eigenvalue weighted by Crippen LogP contribution is -2.09. The number of hydrogen-bond donors (Lipinski definition) is 2. The molecular formula is C17H24N4O2. The number of anilines is 2. The highest BCUT2D eigenvalue weighted by Gasteiger charge is 2.04. The maximum atomic E-state index is 5.36. The van der Waals surface area contributed by atoms with Crippen molar-refractivity contribution in [3.05, 3.63) is 41.7 Å². The molecule has 2 aromatic rings. The molecule has 1 aromatic heterocycles. The predicted octanol–water partition coefficient (Wildman–Crippen LogP) is 2.85. The van der Waals surface area contributed by atoms with Crippen molar-refractivity contribution >= 4 is 11.6 Å². The Labute approximate surface area is 137 Å². The standard InChI is InChI=1S/C17H24N4O2/c1-13-20-16(18-9-6-10-22-2)11-17(21-13)19-12-14-7-4-5-8-15(14)23-3/h4-5,7-8,11H,6,9-10,12H2,1-3H3,(H2,18,19,20,21).